The van der Waals surface area contributed by atoms with Crippen LogP contribution < -0.4 is 38.9 Å². The van der Waals surface area contributed by atoms with E-state index in [1.54, 1.807) is 0 Å². The first-order chi connectivity index (χ1) is 18.3. The van der Waals surface area contributed by atoms with Gasteiger partial charge in [-0.2, -0.15) is 0 Å². The number of aromatic amines is 1. The van der Waals surface area contributed by atoms with E-state index in [1.807, 2.05) is 0 Å². The van der Waals surface area contributed by atoms with Crippen molar-refractivity contribution in [2.24, 2.45) is 27.9 Å². The first-order valence-corrected chi connectivity index (χ1v) is 11.7. The van der Waals surface area contributed by atoms with Crippen LogP contribution in [0.25, 0.3) is 0 Å². The van der Waals surface area contributed by atoms with Crippen molar-refractivity contribution in [2.75, 3.05) is 6.54 Å². The molecule has 1 rings (SSSR count). The highest BCUT2D eigenvalue weighted by molar-refractivity contribution is 5.95. The van der Waals surface area contributed by atoms with Crippen LogP contribution in [0, 0.1) is 0 Å². The van der Waals surface area contributed by atoms with Crippen molar-refractivity contribution in [3.05, 3.63) is 18.2 Å². The number of aliphatic carboxylic acids is 2. The van der Waals surface area contributed by atoms with E-state index in [4.69, 9.17) is 28.0 Å². The summed E-state index contributed by atoms with van der Waals surface area (Å²) in [6, 6.07) is -5.57. The Morgan fingerprint density at radius 2 is 1.51 bits per heavy atom. The number of carboxylic acids is 2. The first-order valence-electron chi connectivity index (χ1n) is 11.7. The molecule has 4 amide bonds. The van der Waals surface area contributed by atoms with Crippen LogP contribution in [-0.4, -0.2) is 92.4 Å². The molecule has 0 spiro atoms. The molecule has 18 nitrogen and oxygen atoms in total. The molecule has 0 aromatic carbocycles. The highest BCUT2D eigenvalue weighted by Crippen LogP contribution is 2.06. The normalized spacial score (nSPS) is 13.7. The Bertz CT molecular complexity index is 1040. The number of amides is 4. The number of carbonyl (C=O) groups is 6. The van der Waals surface area contributed by atoms with Gasteiger partial charge in [-0.25, -0.2) is 9.78 Å². The van der Waals surface area contributed by atoms with Crippen molar-refractivity contribution in [3.8, 4) is 0 Å². The minimum atomic E-state index is -1.71. The molecule has 0 saturated heterocycles. The van der Waals surface area contributed by atoms with E-state index in [9.17, 15) is 33.9 Å². The molecule has 0 saturated carbocycles. The van der Waals surface area contributed by atoms with Gasteiger partial charge in [-0.15, -0.1) is 0 Å². The number of hydrogen-bond acceptors (Lipinski definition) is 9. The average Bonchev–Trinajstić information content (AvgIpc) is 3.35. The summed E-state index contributed by atoms with van der Waals surface area (Å²) in [7, 11) is 0. The van der Waals surface area contributed by atoms with Crippen LogP contribution in [0.15, 0.2) is 17.5 Å². The third-order valence-electron chi connectivity index (χ3n) is 5.21. The summed E-state index contributed by atoms with van der Waals surface area (Å²) in [5.74, 6) is -6.71. The van der Waals surface area contributed by atoms with E-state index in [2.05, 4.69) is 30.9 Å². The summed E-state index contributed by atoms with van der Waals surface area (Å²) < 4.78 is 0. The molecule has 0 aliphatic carbocycles. The smallest absolute Gasteiger partial charge is 0.326 e. The van der Waals surface area contributed by atoms with Crippen LogP contribution >= 0.6 is 0 Å². The lowest BCUT2D eigenvalue weighted by Gasteiger charge is -2.25. The second-order valence-corrected chi connectivity index (χ2v) is 8.46. The van der Waals surface area contributed by atoms with Crippen LogP contribution in [0.2, 0.25) is 0 Å². The Balaban J connectivity index is 3.05. The molecule has 14 N–H and O–H groups in total. The van der Waals surface area contributed by atoms with Crippen molar-refractivity contribution < 1.29 is 39.0 Å². The van der Waals surface area contributed by atoms with Crippen LogP contribution in [0.1, 0.15) is 37.8 Å². The lowest BCUT2D eigenvalue weighted by molar-refractivity contribution is -0.144. The van der Waals surface area contributed by atoms with Crippen molar-refractivity contribution in [1.29, 1.82) is 0 Å². The van der Waals surface area contributed by atoms with E-state index in [0.717, 1.165) is 0 Å². The second kappa shape index (κ2) is 16.2. The van der Waals surface area contributed by atoms with Gasteiger partial charge in [-0.3, -0.25) is 29.0 Å². The van der Waals surface area contributed by atoms with Crippen molar-refractivity contribution in [1.82, 2.24) is 25.9 Å². The molecule has 4 atom stereocenters. The first kappa shape index (κ1) is 32.3. The van der Waals surface area contributed by atoms with Crippen molar-refractivity contribution >= 4 is 41.5 Å². The number of guanidine groups is 1. The van der Waals surface area contributed by atoms with E-state index in [1.165, 1.54) is 12.5 Å². The molecule has 1 aromatic rings. The van der Waals surface area contributed by atoms with E-state index in [0.29, 0.717) is 5.69 Å². The predicted molar refractivity (Wildman–Crippen MR) is 134 cm³/mol. The molecule has 0 radical (unpaired) electrons. The van der Waals surface area contributed by atoms with Gasteiger partial charge in [0.2, 0.25) is 23.6 Å². The molecule has 39 heavy (non-hydrogen) atoms. The topological polar surface area (TPSA) is 324 Å². The molecular weight excluding hydrogens is 520 g/mol. The van der Waals surface area contributed by atoms with Gasteiger partial charge in [0.1, 0.15) is 18.1 Å². The summed E-state index contributed by atoms with van der Waals surface area (Å²) >= 11 is 0. The highest BCUT2D eigenvalue weighted by atomic mass is 16.4. The highest BCUT2D eigenvalue weighted by Gasteiger charge is 2.31. The lowest BCUT2D eigenvalue weighted by atomic mass is 10.1. The Labute approximate surface area is 222 Å². The summed E-state index contributed by atoms with van der Waals surface area (Å²) in [5, 5.41) is 25.2. The minimum Gasteiger partial charge on any atom is -0.481 e. The summed E-state index contributed by atoms with van der Waals surface area (Å²) in [4.78, 5) is 82.6. The average molecular weight is 555 g/mol. The zero-order chi connectivity index (χ0) is 29.5. The monoisotopic (exact) mass is 554 g/mol. The molecule has 0 bridgehead atoms. The Morgan fingerprint density at radius 1 is 0.923 bits per heavy atom. The van der Waals surface area contributed by atoms with Crippen molar-refractivity contribution in [3.63, 3.8) is 0 Å². The number of imidazole rings is 1. The number of nitrogens with one attached hydrogen (secondary N) is 4. The minimum absolute atomic E-state index is 0.00216. The number of aromatic nitrogens is 2. The van der Waals surface area contributed by atoms with E-state index >= 15 is 0 Å². The van der Waals surface area contributed by atoms with Gasteiger partial charge >= 0.3 is 11.9 Å². The number of aliphatic imine (C=N–C) groups is 1. The third-order valence-corrected chi connectivity index (χ3v) is 5.21. The van der Waals surface area contributed by atoms with Gasteiger partial charge in [0.05, 0.1) is 18.8 Å². The van der Waals surface area contributed by atoms with Crippen LogP contribution in [0.4, 0.5) is 0 Å². The standard InChI is InChI=1S/C21H34N10O8/c22-11(6-10-8-26-9-28-10)17(35)29-12(2-1-5-27-21(24)25)18(36)30-13(3-4-16(33)34)19(37)31-14(20(38)39)7-15(23)32/h8-9,11-14H,1-7,22H2,(H2,23,32)(H,26,28)(H,29,35)(H,30,36)(H,31,37)(H,33,34)(H,38,39)(H4,24,25,27). The number of nitrogens with two attached hydrogens (primary N) is 4. The number of rotatable bonds is 18. The Kier molecular flexibility index (Phi) is 13.4. The number of carboxylic acid groups (broad SMARTS) is 2. The number of nitrogens with zero attached hydrogens (tertiary/aromatic N) is 2. The second-order valence-electron chi connectivity index (χ2n) is 8.46. The SMILES string of the molecule is NC(=O)CC(NC(=O)C(CCC(=O)O)NC(=O)C(CCCN=C(N)N)NC(=O)C(N)Cc1cnc[nH]1)C(=O)O. The maximum Gasteiger partial charge on any atom is 0.326 e. The van der Waals surface area contributed by atoms with Crippen molar-refractivity contribution in [2.45, 2.75) is 62.7 Å². The van der Waals surface area contributed by atoms with E-state index < -0.39 is 79.0 Å². The lowest BCUT2D eigenvalue weighted by Crippen LogP contribution is -2.57. The van der Waals surface area contributed by atoms with Crippen LogP contribution in [0.5, 0.6) is 0 Å². The molecule has 4 unspecified atom stereocenters. The molecule has 18 heteroatoms. The fourth-order valence-corrected chi connectivity index (χ4v) is 3.26. The predicted octanol–water partition coefficient (Wildman–Crippen LogP) is -4.39. The number of primary amides is 1. The molecule has 216 valence electrons. The fraction of sp³-hybridized carbons (Fsp3) is 0.524. The molecule has 0 aliphatic heterocycles. The maximum atomic E-state index is 13.1. The van der Waals surface area contributed by atoms with Crippen LogP contribution in [-0.2, 0) is 35.2 Å². The van der Waals surface area contributed by atoms with E-state index in [-0.39, 0.29) is 31.8 Å². The molecule has 1 aromatic heterocycles. The van der Waals surface area contributed by atoms with Gasteiger partial charge in [-0.05, 0) is 19.3 Å². The Hall–Kier alpha value is -4.74. The quantitative estimate of drug-likeness (QED) is 0.0467. The zero-order valence-corrected chi connectivity index (χ0v) is 21.0. The number of carbonyl (C=O) groups excluding carboxylic acids is 4. The molecule has 1 heterocycles. The molecular formula is C21H34N10O8. The molecule has 0 aliphatic rings. The van der Waals surface area contributed by atoms with Gasteiger partial charge in [0.15, 0.2) is 5.96 Å². The summed E-state index contributed by atoms with van der Waals surface area (Å²) in [5.41, 5.74) is 22.1. The fourth-order valence-electron chi connectivity index (χ4n) is 3.26. The third kappa shape index (κ3) is 12.9. The van der Waals surface area contributed by atoms with Gasteiger partial charge < -0.3 is 54.1 Å². The zero-order valence-electron chi connectivity index (χ0n) is 21.0. The summed E-state index contributed by atoms with van der Waals surface area (Å²) in [6.07, 6.45) is 1.44. The molecule has 0 fully saturated rings. The summed E-state index contributed by atoms with van der Waals surface area (Å²) in [6.45, 7) is 0.110. The van der Waals surface area contributed by atoms with Gasteiger partial charge in [-0.1, -0.05) is 0 Å². The van der Waals surface area contributed by atoms with Gasteiger partial charge in [0, 0.05) is 31.3 Å². The maximum absolute atomic E-state index is 13.1. The number of H-pyrrole nitrogens is 1. The van der Waals surface area contributed by atoms with Crippen LogP contribution in [0.3, 0.4) is 0 Å². The largest absolute Gasteiger partial charge is 0.481 e. The van der Waals surface area contributed by atoms with Gasteiger partial charge in [0.25, 0.3) is 0 Å². The number of hydrogen-bond donors (Lipinski definition) is 10. The Morgan fingerprint density at radius 3 is 2.03 bits per heavy atom.